The first kappa shape index (κ1) is 27.6. The van der Waals surface area contributed by atoms with Crippen molar-refractivity contribution in [2.75, 3.05) is 0 Å². The van der Waals surface area contributed by atoms with Crippen molar-refractivity contribution < 1.29 is 4.57 Å². The fourth-order valence-electron chi connectivity index (χ4n) is 4.59. The molecule has 2 nitrogen and oxygen atoms in total. The zero-order chi connectivity index (χ0) is 25.6. The van der Waals surface area contributed by atoms with Gasteiger partial charge in [-0.15, -0.1) is 0 Å². The van der Waals surface area contributed by atoms with E-state index in [4.69, 9.17) is 44.3 Å². The Morgan fingerprint density at radius 1 is 0.647 bits per heavy atom. The first-order valence-corrected chi connectivity index (χ1v) is 18.5. The standard InChI is InChI=1S/C27H36Cl4N2Si/c1-17(2)21-11-9-12-22(18(3)4)26(21)32-15-25(34(28,29,30)31)33(16-32)27-23(19(5)6)13-10-14-24(27)20(7)8/h9-20H,1-8H3. The Hall–Kier alpha value is -0.973. The molecule has 0 bridgehead atoms. The summed E-state index contributed by atoms with van der Waals surface area (Å²) in [7, 11) is 0. The molecule has 0 spiro atoms. The number of aromatic nitrogens is 2. The van der Waals surface area contributed by atoms with E-state index in [2.05, 4.69) is 103 Å². The van der Waals surface area contributed by atoms with E-state index in [0.29, 0.717) is 17.2 Å². The molecule has 1 aromatic heterocycles. The van der Waals surface area contributed by atoms with E-state index in [1.165, 1.54) is 22.3 Å². The fourth-order valence-corrected chi connectivity index (χ4v) is 7.14. The van der Waals surface area contributed by atoms with Crippen LogP contribution in [0, 0.1) is 0 Å². The Kier molecular flexibility index (Phi) is 7.98. The SMILES string of the molecule is CC(C)c1cccc(C(C)C)c1-n1c[n+](-c2c(C(C)C)cccc2C(C)C)cc1[Si-](Cl)(Cl)(Cl)Cl. The molecule has 0 saturated heterocycles. The van der Waals surface area contributed by atoms with Crippen LogP contribution in [0.25, 0.3) is 11.4 Å². The third kappa shape index (κ3) is 5.55. The number of benzene rings is 2. The minimum atomic E-state index is -4.52. The van der Waals surface area contributed by atoms with Gasteiger partial charge in [0.25, 0.3) is 0 Å². The van der Waals surface area contributed by atoms with Gasteiger partial charge in [0, 0.05) is 0 Å². The van der Waals surface area contributed by atoms with E-state index >= 15 is 0 Å². The van der Waals surface area contributed by atoms with Crippen LogP contribution in [-0.4, -0.2) is 9.16 Å². The number of imidazole rings is 1. The molecule has 0 aliphatic carbocycles. The summed E-state index contributed by atoms with van der Waals surface area (Å²) in [4.78, 5) is 0. The first-order valence-electron chi connectivity index (χ1n) is 12.0. The second-order valence-electron chi connectivity index (χ2n) is 10.4. The van der Waals surface area contributed by atoms with Gasteiger partial charge in [-0.2, -0.15) is 0 Å². The topological polar surface area (TPSA) is 8.81 Å². The first-order chi connectivity index (χ1) is 15.6. The van der Waals surface area contributed by atoms with Crippen molar-refractivity contribution in [1.82, 2.24) is 4.57 Å². The number of para-hydroxylation sites is 2. The second-order valence-corrected chi connectivity index (χ2v) is 25.1. The molecule has 2 aromatic carbocycles. The molecule has 34 heavy (non-hydrogen) atoms. The molecular formula is C27H36Cl4N2Si. The molecule has 3 aromatic rings. The van der Waals surface area contributed by atoms with Crippen LogP contribution >= 0.6 is 44.3 Å². The maximum absolute atomic E-state index is 6.75. The van der Waals surface area contributed by atoms with Crippen molar-refractivity contribution in [2.24, 2.45) is 0 Å². The molecule has 0 N–H and O–H groups in total. The maximum atomic E-state index is 6.75. The van der Waals surface area contributed by atoms with E-state index in [-0.39, 0.29) is 11.8 Å². The third-order valence-electron chi connectivity index (χ3n) is 6.33. The predicted octanol–water partition coefficient (Wildman–Crippen LogP) is 8.80. The Balaban J connectivity index is 2.49. The molecule has 0 saturated carbocycles. The molecule has 0 unspecified atom stereocenters. The van der Waals surface area contributed by atoms with Gasteiger partial charge >= 0.3 is 225 Å². The van der Waals surface area contributed by atoms with Gasteiger partial charge in [-0.25, -0.2) is 0 Å². The number of rotatable bonds is 7. The predicted molar refractivity (Wildman–Crippen MR) is 152 cm³/mol. The van der Waals surface area contributed by atoms with Crippen LogP contribution in [0.1, 0.15) is 101 Å². The second kappa shape index (κ2) is 9.82. The van der Waals surface area contributed by atoms with E-state index in [9.17, 15) is 0 Å². The van der Waals surface area contributed by atoms with Crippen molar-refractivity contribution in [3.8, 4) is 11.4 Å². The van der Waals surface area contributed by atoms with Gasteiger partial charge in [0.1, 0.15) is 0 Å². The van der Waals surface area contributed by atoms with Gasteiger partial charge in [0.2, 0.25) is 0 Å². The Morgan fingerprint density at radius 2 is 1.03 bits per heavy atom. The molecule has 0 atom stereocenters. The summed E-state index contributed by atoms with van der Waals surface area (Å²) in [6, 6.07) is 12.9. The van der Waals surface area contributed by atoms with E-state index in [1.54, 1.807) is 0 Å². The molecule has 0 amide bonds. The summed E-state index contributed by atoms with van der Waals surface area (Å²) >= 11 is 27.0. The van der Waals surface area contributed by atoms with Crippen molar-refractivity contribution in [1.29, 1.82) is 0 Å². The number of halogens is 4. The molecule has 1 heterocycles. The zero-order valence-electron chi connectivity index (χ0n) is 21.3. The summed E-state index contributed by atoms with van der Waals surface area (Å²) in [6.45, 7) is 17.6. The Bertz CT molecular complexity index is 1130. The molecule has 0 aliphatic rings. The van der Waals surface area contributed by atoms with Crippen LogP contribution < -0.4 is 9.88 Å². The number of nitrogens with zero attached hydrogens (tertiary/aromatic N) is 2. The zero-order valence-corrected chi connectivity index (χ0v) is 25.4. The van der Waals surface area contributed by atoms with Gasteiger partial charge in [-0.3, -0.25) is 0 Å². The molecule has 3 rings (SSSR count). The monoisotopic (exact) mass is 556 g/mol. The average Bonchev–Trinajstić information content (AvgIpc) is 3.17. The van der Waals surface area contributed by atoms with Crippen LogP contribution in [0.15, 0.2) is 48.9 Å². The third-order valence-corrected chi connectivity index (χ3v) is 9.80. The molecule has 186 valence electrons. The van der Waals surface area contributed by atoms with Crippen molar-refractivity contribution >= 4 is 54.2 Å². The van der Waals surface area contributed by atoms with E-state index in [1.807, 2.05) is 10.8 Å². The Labute approximate surface area is 224 Å². The number of hydrogen-bond donors (Lipinski definition) is 0. The van der Waals surface area contributed by atoms with Crippen LogP contribution in [0.5, 0.6) is 0 Å². The minimum absolute atomic E-state index is 0.288. The van der Waals surface area contributed by atoms with Gasteiger partial charge in [-0.1, -0.05) is 0 Å². The molecule has 0 aliphatic heterocycles. The fraction of sp³-hybridized carbons (Fsp3) is 0.444. The summed E-state index contributed by atoms with van der Waals surface area (Å²) in [6.07, 6.45) is 3.99. The Morgan fingerprint density at radius 3 is 1.38 bits per heavy atom. The average molecular weight is 558 g/mol. The van der Waals surface area contributed by atoms with Crippen LogP contribution in [0.4, 0.5) is 0 Å². The van der Waals surface area contributed by atoms with Crippen molar-refractivity contribution in [3.05, 3.63) is 71.2 Å². The summed E-state index contributed by atoms with van der Waals surface area (Å²) < 4.78 is -0.362. The van der Waals surface area contributed by atoms with Gasteiger partial charge in [-0.05, 0) is 0 Å². The quantitative estimate of drug-likeness (QED) is 0.156. The molecule has 0 radical (unpaired) electrons. The van der Waals surface area contributed by atoms with E-state index < -0.39 is 4.59 Å². The van der Waals surface area contributed by atoms with Gasteiger partial charge in [0.15, 0.2) is 0 Å². The normalized spacial score (nSPS) is 13.8. The van der Waals surface area contributed by atoms with Crippen LogP contribution in [0.3, 0.4) is 0 Å². The van der Waals surface area contributed by atoms with Gasteiger partial charge < -0.3 is 0 Å². The van der Waals surface area contributed by atoms with Gasteiger partial charge in [0.05, 0.1) is 0 Å². The summed E-state index contributed by atoms with van der Waals surface area (Å²) in [5.74, 6) is 1.24. The summed E-state index contributed by atoms with van der Waals surface area (Å²) in [5.41, 5.74) is 7.07. The molecule has 0 fully saturated rings. The van der Waals surface area contributed by atoms with E-state index in [0.717, 1.165) is 11.4 Å². The van der Waals surface area contributed by atoms with Crippen LogP contribution in [0.2, 0.25) is 0 Å². The van der Waals surface area contributed by atoms with Crippen molar-refractivity contribution in [3.63, 3.8) is 0 Å². The van der Waals surface area contributed by atoms with Crippen LogP contribution in [-0.2, 0) is 0 Å². The molecule has 7 heteroatoms. The van der Waals surface area contributed by atoms with Crippen molar-refractivity contribution in [2.45, 2.75) is 79.1 Å². The number of hydrogen-bond acceptors (Lipinski definition) is 0. The molecular weight excluding hydrogens is 522 g/mol. The summed E-state index contributed by atoms with van der Waals surface area (Å²) in [5, 5.41) is 0.537.